The van der Waals surface area contributed by atoms with Crippen molar-refractivity contribution in [3.8, 4) is 11.5 Å². The molecule has 0 amide bonds. The highest BCUT2D eigenvalue weighted by Crippen LogP contribution is 2.29. The highest BCUT2D eigenvalue weighted by molar-refractivity contribution is 7.91. The Morgan fingerprint density at radius 3 is 2.05 bits per heavy atom. The van der Waals surface area contributed by atoms with Gasteiger partial charge in [0.15, 0.2) is 0 Å². The topological polar surface area (TPSA) is 74.6 Å². The van der Waals surface area contributed by atoms with Gasteiger partial charge in [-0.3, -0.25) is 0 Å². The minimum Gasteiger partial charge on any atom is -0.508 e. The SMILES string of the molecule is Cc1cc(S(=O)(=O)c2ccc(O)cc2)c(C)cc1O. The first-order valence-corrected chi connectivity index (χ1v) is 7.15. The van der Waals surface area contributed by atoms with Crippen LogP contribution in [0, 0.1) is 13.8 Å². The average Bonchev–Trinajstić information content (AvgIpc) is 2.34. The molecule has 0 fully saturated rings. The fourth-order valence-electron chi connectivity index (χ4n) is 1.82. The van der Waals surface area contributed by atoms with Gasteiger partial charge < -0.3 is 10.2 Å². The lowest BCUT2D eigenvalue weighted by atomic mass is 10.1. The van der Waals surface area contributed by atoms with Gasteiger partial charge in [-0.15, -0.1) is 0 Å². The van der Waals surface area contributed by atoms with Crippen LogP contribution in [0.4, 0.5) is 0 Å². The Labute approximate surface area is 111 Å². The molecule has 4 nitrogen and oxygen atoms in total. The van der Waals surface area contributed by atoms with Crippen molar-refractivity contribution in [2.24, 2.45) is 0 Å². The third kappa shape index (κ3) is 2.42. The van der Waals surface area contributed by atoms with Crippen molar-refractivity contribution < 1.29 is 18.6 Å². The first-order chi connectivity index (χ1) is 8.82. The largest absolute Gasteiger partial charge is 0.508 e. The second kappa shape index (κ2) is 4.59. The molecular formula is C14H14O4S. The van der Waals surface area contributed by atoms with Gasteiger partial charge in [-0.2, -0.15) is 0 Å². The van der Waals surface area contributed by atoms with E-state index in [9.17, 15) is 18.6 Å². The highest BCUT2D eigenvalue weighted by Gasteiger charge is 2.21. The molecule has 0 saturated heterocycles. The van der Waals surface area contributed by atoms with Gasteiger partial charge in [-0.05, 0) is 61.4 Å². The van der Waals surface area contributed by atoms with E-state index in [1.54, 1.807) is 13.8 Å². The minimum atomic E-state index is -3.65. The van der Waals surface area contributed by atoms with Crippen LogP contribution in [0.5, 0.6) is 11.5 Å². The Hall–Kier alpha value is -2.01. The van der Waals surface area contributed by atoms with E-state index in [1.807, 2.05) is 0 Å². The Bertz CT molecular complexity index is 716. The predicted octanol–water partition coefficient (Wildman–Crippen LogP) is 2.55. The number of hydrogen-bond donors (Lipinski definition) is 2. The van der Waals surface area contributed by atoms with Crippen LogP contribution >= 0.6 is 0 Å². The van der Waals surface area contributed by atoms with Crippen LogP contribution < -0.4 is 0 Å². The standard InChI is InChI=1S/C14H14O4S/c1-9-8-14(10(2)7-13(9)16)19(17,18)12-5-3-11(15)4-6-12/h3-8,15-16H,1-2H3. The van der Waals surface area contributed by atoms with Crippen LogP contribution in [0.3, 0.4) is 0 Å². The van der Waals surface area contributed by atoms with E-state index < -0.39 is 9.84 Å². The normalized spacial score (nSPS) is 11.5. The second-order valence-electron chi connectivity index (χ2n) is 4.40. The van der Waals surface area contributed by atoms with Gasteiger partial charge in [0.05, 0.1) is 9.79 Å². The number of hydrogen-bond acceptors (Lipinski definition) is 4. The summed E-state index contributed by atoms with van der Waals surface area (Å²) in [6.07, 6.45) is 0. The summed E-state index contributed by atoms with van der Waals surface area (Å²) in [5.41, 5.74) is 0.985. The number of aryl methyl sites for hydroxylation is 2. The lowest BCUT2D eigenvalue weighted by Gasteiger charge is -2.10. The molecule has 2 N–H and O–H groups in total. The summed E-state index contributed by atoms with van der Waals surface area (Å²) in [6.45, 7) is 3.27. The zero-order valence-electron chi connectivity index (χ0n) is 10.6. The fourth-order valence-corrected chi connectivity index (χ4v) is 3.38. The van der Waals surface area contributed by atoms with Crippen molar-refractivity contribution in [2.45, 2.75) is 23.6 Å². The number of benzene rings is 2. The molecule has 0 bridgehead atoms. The smallest absolute Gasteiger partial charge is 0.206 e. The van der Waals surface area contributed by atoms with Crippen LogP contribution in [0.15, 0.2) is 46.2 Å². The minimum absolute atomic E-state index is 0.0116. The van der Waals surface area contributed by atoms with Crippen molar-refractivity contribution in [3.05, 3.63) is 47.5 Å². The molecule has 0 heterocycles. The Kier molecular flexibility index (Phi) is 3.24. The highest BCUT2D eigenvalue weighted by atomic mass is 32.2. The molecule has 0 aliphatic rings. The van der Waals surface area contributed by atoms with Gasteiger partial charge in [-0.25, -0.2) is 8.42 Å². The molecule has 2 aromatic carbocycles. The molecule has 0 aliphatic heterocycles. The number of phenolic OH excluding ortho intramolecular Hbond substituents is 2. The molecule has 5 heteroatoms. The molecule has 100 valence electrons. The van der Waals surface area contributed by atoms with Crippen LogP contribution in [0.2, 0.25) is 0 Å². The fraction of sp³-hybridized carbons (Fsp3) is 0.143. The summed E-state index contributed by atoms with van der Waals surface area (Å²) in [5, 5.41) is 18.8. The average molecular weight is 278 g/mol. The number of phenols is 2. The quantitative estimate of drug-likeness (QED) is 0.885. The van der Waals surface area contributed by atoms with E-state index in [-0.39, 0.29) is 21.3 Å². The van der Waals surface area contributed by atoms with Gasteiger partial charge >= 0.3 is 0 Å². The molecular weight excluding hydrogens is 264 g/mol. The molecule has 2 aromatic rings. The predicted molar refractivity (Wildman–Crippen MR) is 71.1 cm³/mol. The zero-order valence-corrected chi connectivity index (χ0v) is 11.4. The van der Waals surface area contributed by atoms with Crippen molar-refractivity contribution in [1.82, 2.24) is 0 Å². The van der Waals surface area contributed by atoms with E-state index in [4.69, 9.17) is 0 Å². The molecule has 0 radical (unpaired) electrons. The maximum Gasteiger partial charge on any atom is 0.206 e. The van der Waals surface area contributed by atoms with Gasteiger partial charge in [0.2, 0.25) is 9.84 Å². The van der Waals surface area contributed by atoms with Gasteiger partial charge in [0.25, 0.3) is 0 Å². The van der Waals surface area contributed by atoms with Gasteiger partial charge in [0, 0.05) is 0 Å². The summed E-state index contributed by atoms with van der Waals surface area (Å²) in [6, 6.07) is 8.25. The molecule has 0 atom stereocenters. The summed E-state index contributed by atoms with van der Waals surface area (Å²) < 4.78 is 24.9. The molecule has 2 rings (SSSR count). The first-order valence-electron chi connectivity index (χ1n) is 5.66. The van der Waals surface area contributed by atoms with E-state index in [1.165, 1.54) is 36.4 Å². The van der Waals surface area contributed by atoms with Gasteiger partial charge in [-0.1, -0.05) is 0 Å². The second-order valence-corrected chi connectivity index (χ2v) is 6.32. The Morgan fingerprint density at radius 1 is 0.895 bits per heavy atom. The van der Waals surface area contributed by atoms with E-state index in [0.717, 1.165) is 0 Å². The molecule has 0 aliphatic carbocycles. The number of aromatic hydroxyl groups is 2. The molecule has 0 aromatic heterocycles. The van der Waals surface area contributed by atoms with Crippen molar-refractivity contribution >= 4 is 9.84 Å². The third-order valence-corrected chi connectivity index (χ3v) is 4.84. The van der Waals surface area contributed by atoms with Crippen LogP contribution in [0.1, 0.15) is 11.1 Å². The molecule has 0 spiro atoms. The van der Waals surface area contributed by atoms with E-state index in [2.05, 4.69) is 0 Å². The Morgan fingerprint density at radius 2 is 1.47 bits per heavy atom. The summed E-state index contributed by atoms with van der Waals surface area (Å²) in [5.74, 6) is 0.0831. The summed E-state index contributed by atoms with van der Waals surface area (Å²) in [4.78, 5) is 0.270. The summed E-state index contributed by atoms with van der Waals surface area (Å²) in [7, 11) is -3.65. The maximum absolute atomic E-state index is 12.5. The Balaban J connectivity index is 2.63. The van der Waals surface area contributed by atoms with E-state index >= 15 is 0 Å². The summed E-state index contributed by atoms with van der Waals surface area (Å²) >= 11 is 0. The van der Waals surface area contributed by atoms with Crippen LogP contribution in [-0.4, -0.2) is 18.6 Å². The first kappa shape index (κ1) is 13.4. The maximum atomic E-state index is 12.5. The lowest BCUT2D eigenvalue weighted by molar-refractivity contribution is 0.470. The van der Waals surface area contributed by atoms with Crippen molar-refractivity contribution in [1.29, 1.82) is 0 Å². The molecule has 0 saturated carbocycles. The van der Waals surface area contributed by atoms with Gasteiger partial charge in [0.1, 0.15) is 11.5 Å². The lowest BCUT2D eigenvalue weighted by Crippen LogP contribution is -2.04. The van der Waals surface area contributed by atoms with Crippen molar-refractivity contribution in [3.63, 3.8) is 0 Å². The molecule has 19 heavy (non-hydrogen) atoms. The number of sulfone groups is 1. The third-order valence-electron chi connectivity index (χ3n) is 2.93. The number of rotatable bonds is 2. The monoisotopic (exact) mass is 278 g/mol. The van der Waals surface area contributed by atoms with Crippen LogP contribution in [0.25, 0.3) is 0 Å². The zero-order chi connectivity index (χ0) is 14.2. The van der Waals surface area contributed by atoms with Crippen LogP contribution in [-0.2, 0) is 9.84 Å². The van der Waals surface area contributed by atoms with Crippen molar-refractivity contribution in [2.75, 3.05) is 0 Å². The van der Waals surface area contributed by atoms with E-state index in [0.29, 0.717) is 11.1 Å². The molecule has 0 unspecified atom stereocenters.